The Kier molecular flexibility index (Phi) is 2.72. The molecule has 4 nitrogen and oxygen atoms in total. The quantitative estimate of drug-likeness (QED) is 0.731. The molecule has 2 rings (SSSR count). The number of anilines is 1. The minimum atomic E-state index is 0.686. The molecule has 4 heteroatoms. The minimum absolute atomic E-state index is 0.686. The molecule has 2 heterocycles. The van der Waals surface area contributed by atoms with Crippen molar-refractivity contribution < 1.29 is 0 Å². The molecule has 0 saturated carbocycles. The molecule has 0 bridgehead atoms. The summed E-state index contributed by atoms with van der Waals surface area (Å²) in [5, 5.41) is 7.77. The standard InChI is InChI=1S/C10H18N4/c1-8-5-10(11)14(13-8)7-9-3-2-4-12-6-9/h5,9,12H,2-4,6-7,11H2,1H3/t9-/m0/s1. The van der Waals surface area contributed by atoms with E-state index in [0.717, 1.165) is 31.1 Å². The molecule has 3 N–H and O–H groups in total. The topological polar surface area (TPSA) is 55.9 Å². The van der Waals surface area contributed by atoms with Crippen molar-refractivity contribution >= 4 is 5.82 Å². The maximum atomic E-state index is 5.84. The van der Waals surface area contributed by atoms with Gasteiger partial charge in [-0.3, -0.25) is 0 Å². The number of rotatable bonds is 2. The fraction of sp³-hybridized carbons (Fsp3) is 0.700. The van der Waals surface area contributed by atoms with Gasteiger partial charge in [0.25, 0.3) is 0 Å². The summed E-state index contributed by atoms with van der Waals surface area (Å²) in [5.41, 5.74) is 6.84. The van der Waals surface area contributed by atoms with Crippen LogP contribution in [-0.4, -0.2) is 22.9 Å². The van der Waals surface area contributed by atoms with Crippen LogP contribution in [0.1, 0.15) is 18.5 Å². The van der Waals surface area contributed by atoms with E-state index < -0.39 is 0 Å². The van der Waals surface area contributed by atoms with Crippen LogP contribution >= 0.6 is 0 Å². The van der Waals surface area contributed by atoms with Crippen molar-refractivity contribution in [2.75, 3.05) is 18.8 Å². The van der Waals surface area contributed by atoms with Gasteiger partial charge in [0.15, 0.2) is 0 Å². The highest BCUT2D eigenvalue weighted by molar-refractivity contribution is 5.30. The molecule has 0 amide bonds. The smallest absolute Gasteiger partial charge is 0.121 e. The number of nitrogens with one attached hydrogen (secondary N) is 1. The van der Waals surface area contributed by atoms with Crippen molar-refractivity contribution in [1.82, 2.24) is 15.1 Å². The van der Waals surface area contributed by atoms with E-state index in [4.69, 9.17) is 5.73 Å². The van der Waals surface area contributed by atoms with Crippen LogP contribution in [-0.2, 0) is 6.54 Å². The van der Waals surface area contributed by atoms with Crippen LogP contribution in [0, 0.1) is 12.8 Å². The lowest BCUT2D eigenvalue weighted by Crippen LogP contribution is -2.32. The van der Waals surface area contributed by atoms with Gasteiger partial charge in [0.2, 0.25) is 0 Å². The fourth-order valence-corrected chi connectivity index (χ4v) is 2.04. The predicted molar refractivity (Wildman–Crippen MR) is 57.0 cm³/mol. The van der Waals surface area contributed by atoms with Gasteiger partial charge in [-0.15, -0.1) is 0 Å². The lowest BCUT2D eigenvalue weighted by Gasteiger charge is -2.22. The number of piperidine rings is 1. The van der Waals surface area contributed by atoms with E-state index in [-0.39, 0.29) is 0 Å². The molecule has 1 aliphatic rings. The van der Waals surface area contributed by atoms with Gasteiger partial charge in [-0.2, -0.15) is 5.10 Å². The predicted octanol–water partition coefficient (Wildman–Crippen LogP) is 0.773. The molecule has 0 aliphatic carbocycles. The molecule has 1 atom stereocenters. The molecule has 0 aromatic carbocycles. The number of nitrogen functional groups attached to an aromatic ring is 1. The average Bonchev–Trinajstić information content (AvgIpc) is 2.47. The SMILES string of the molecule is Cc1cc(N)n(C[C@H]2CCCNC2)n1. The maximum Gasteiger partial charge on any atom is 0.121 e. The van der Waals surface area contributed by atoms with Crippen LogP contribution in [0.4, 0.5) is 5.82 Å². The van der Waals surface area contributed by atoms with E-state index in [0.29, 0.717) is 5.92 Å². The van der Waals surface area contributed by atoms with Crippen LogP contribution in [0.3, 0.4) is 0 Å². The Labute approximate surface area is 84.5 Å². The van der Waals surface area contributed by atoms with Gasteiger partial charge in [-0.05, 0) is 38.8 Å². The monoisotopic (exact) mass is 194 g/mol. The number of hydrogen-bond donors (Lipinski definition) is 2. The molecule has 0 spiro atoms. The van der Waals surface area contributed by atoms with Gasteiger partial charge < -0.3 is 11.1 Å². The number of hydrogen-bond acceptors (Lipinski definition) is 3. The first-order valence-electron chi connectivity index (χ1n) is 5.26. The second-order valence-electron chi connectivity index (χ2n) is 4.11. The lowest BCUT2D eigenvalue weighted by molar-refractivity contribution is 0.327. The van der Waals surface area contributed by atoms with E-state index in [1.165, 1.54) is 12.8 Å². The summed E-state index contributed by atoms with van der Waals surface area (Å²) in [7, 11) is 0. The molecule has 1 aromatic heterocycles. The maximum absolute atomic E-state index is 5.84. The Bertz CT molecular complexity index is 299. The molecule has 1 fully saturated rings. The summed E-state index contributed by atoms with van der Waals surface area (Å²) in [6.45, 7) is 5.18. The van der Waals surface area contributed by atoms with Gasteiger partial charge >= 0.3 is 0 Å². The fourth-order valence-electron chi connectivity index (χ4n) is 2.04. The summed E-state index contributed by atoms with van der Waals surface area (Å²) in [6, 6.07) is 1.93. The second-order valence-corrected chi connectivity index (χ2v) is 4.11. The highest BCUT2D eigenvalue weighted by Crippen LogP contribution is 2.14. The van der Waals surface area contributed by atoms with E-state index in [2.05, 4.69) is 10.4 Å². The van der Waals surface area contributed by atoms with Gasteiger partial charge in [0.1, 0.15) is 5.82 Å². The Morgan fingerprint density at radius 2 is 2.57 bits per heavy atom. The molecule has 78 valence electrons. The Hall–Kier alpha value is -1.03. The molecular weight excluding hydrogens is 176 g/mol. The highest BCUT2D eigenvalue weighted by Gasteiger charge is 2.14. The molecule has 0 radical (unpaired) electrons. The van der Waals surface area contributed by atoms with Gasteiger partial charge in [-0.25, -0.2) is 4.68 Å². The van der Waals surface area contributed by atoms with Crippen LogP contribution in [0.5, 0.6) is 0 Å². The highest BCUT2D eigenvalue weighted by atomic mass is 15.3. The van der Waals surface area contributed by atoms with Crippen LogP contribution in [0.25, 0.3) is 0 Å². The zero-order chi connectivity index (χ0) is 9.97. The van der Waals surface area contributed by atoms with Crippen LogP contribution in [0.2, 0.25) is 0 Å². The number of aryl methyl sites for hydroxylation is 1. The molecule has 1 aliphatic heterocycles. The first kappa shape index (κ1) is 9.52. The van der Waals surface area contributed by atoms with E-state index >= 15 is 0 Å². The second kappa shape index (κ2) is 4.00. The Morgan fingerprint density at radius 3 is 3.14 bits per heavy atom. The molecule has 1 saturated heterocycles. The van der Waals surface area contributed by atoms with Crippen molar-refractivity contribution in [2.45, 2.75) is 26.3 Å². The van der Waals surface area contributed by atoms with Crippen molar-refractivity contribution in [2.24, 2.45) is 5.92 Å². The van der Waals surface area contributed by atoms with Crippen LogP contribution in [0.15, 0.2) is 6.07 Å². The zero-order valence-corrected chi connectivity index (χ0v) is 8.66. The van der Waals surface area contributed by atoms with Crippen molar-refractivity contribution in [3.8, 4) is 0 Å². The van der Waals surface area contributed by atoms with Crippen LogP contribution < -0.4 is 11.1 Å². The molecular formula is C10H18N4. The summed E-state index contributed by atoms with van der Waals surface area (Å²) in [6.07, 6.45) is 2.55. The molecule has 14 heavy (non-hydrogen) atoms. The Balaban J connectivity index is 1.98. The van der Waals surface area contributed by atoms with E-state index in [1.807, 2.05) is 17.7 Å². The van der Waals surface area contributed by atoms with Crippen molar-refractivity contribution in [1.29, 1.82) is 0 Å². The number of aromatic nitrogens is 2. The largest absolute Gasteiger partial charge is 0.384 e. The Morgan fingerprint density at radius 1 is 1.71 bits per heavy atom. The molecule has 1 aromatic rings. The third-order valence-corrected chi connectivity index (χ3v) is 2.76. The summed E-state index contributed by atoms with van der Waals surface area (Å²) >= 11 is 0. The first-order valence-corrected chi connectivity index (χ1v) is 5.26. The van der Waals surface area contributed by atoms with Gasteiger partial charge in [-0.1, -0.05) is 0 Å². The number of nitrogens with two attached hydrogens (primary N) is 1. The van der Waals surface area contributed by atoms with Gasteiger partial charge in [0.05, 0.1) is 5.69 Å². The molecule has 0 unspecified atom stereocenters. The first-order chi connectivity index (χ1) is 6.75. The average molecular weight is 194 g/mol. The van der Waals surface area contributed by atoms with Crippen molar-refractivity contribution in [3.63, 3.8) is 0 Å². The lowest BCUT2D eigenvalue weighted by atomic mass is 10.00. The third-order valence-electron chi connectivity index (χ3n) is 2.76. The minimum Gasteiger partial charge on any atom is -0.384 e. The normalized spacial score (nSPS) is 22.5. The van der Waals surface area contributed by atoms with Crippen molar-refractivity contribution in [3.05, 3.63) is 11.8 Å². The zero-order valence-electron chi connectivity index (χ0n) is 8.66. The summed E-state index contributed by atoms with van der Waals surface area (Å²) in [5.74, 6) is 1.47. The third kappa shape index (κ3) is 2.07. The van der Waals surface area contributed by atoms with E-state index in [1.54, 1.807) is 0 Å². The van der Waals surface area contributed by atoms with E-state index in [9.17, 15) is 0 Å². The summed E-state index contributed by atoms with van der Waals surface area (Å²) < 4.78 is 1.92. The number of nitrogens with zero attached hydrogens (tertiary/aromatic N) is 2. The van der Waals surface area contributed by atoms with Gasteiger partial charge in [0, 0.05) is 12.6 Å². The summed E-state index contributed by atoms with van der Waals surface area (Å²) in [4.78, 5) is 0.